The predicted molar refractivity (Wildman–Crippen MR) is 107 cm³/mol. The van der Waals surface area contributed by atoms with Gasteiger partial charge < -0.3 is 20.3 Å². The minimum absolute atomic E-state index is 0.0250. The standard InChI is InChI=1S/C22H25F3N2O4/c1-27(12-14-5-3-2-4-6-14)19-17(31-18(13-28)20(19)29)11-26-21(30)15-7-9-16(10-8-15)22(23,24)25/h2-10,17-20,28-29H,11-13H2,1H3,(H,26,30). The third-order valence-electron chi connectivity index (χ3n) is 5.36. The second-order valence-electron chi connectivity index (χ2n) is 7.56. The highest BCUT2D eigenvalue weighted by Gasteiger charge is 2.45. The lowest BCUT2D eigenvalue weighted by Crippen LogP contribution is -2.49. The molecule has 3 rings (SSSR count). The Labute approximate surface area is 178 Å². The molecular formula is C22H25F3N2O4. The first-order chi connectivity index (χ1) is 14.7. The number of ether oxygens (including phenoxy) is 1. The van der Waals surface area contributed by atoms with Gasteiger partial charge in [-0.2, -0.15) is 13.2 Å². The second-order valence-corrected chi connectivity index (χ2v) is 7.56. The molecule has 1 aliphatic heterocycles. The number of rotatable bonds is 7. The summed E-state index contributed by atoms with van der Waals surface area (Å²) in [6, 6.07) is 13.0. The zero-order chi connectivity index (χ0) is 22.6. The van der Waals surface area contributed by atoms with Crippen molar-refractivity contribution in [2.75, 3.05) is 20.2 Å². The van der Waals surface area contributed by atoms with Crippen LogP contribution in [0.1, 0.15) is 21.5 Å². The summed E-state index contributed by atoms with van der Waals surface area (Å²) >= 11 is 0. The van der Waals surface area contributed by atoms with Crippen molar-refractivity contribution < 1.29 is 32.9 Å². The molecule has 4 unspecified atom stereocenters. The molecule has 31 heavy (non-hydrogen) atoms. The van der Waals surface area contributed by atoms with E-state index in [9.17, 15) is 28.2 Å². The fourth-order valence-corrected chi connectivity index (χ4v) is 3.77. The van der Waals surface area contributed by atoms with Gasteiger partial charge in [0.2, 0.25) is 0 Å². The number of halogens is 3. The molecule has 2 aromatic carbocycles. The van der Waals surface area contributed by atoms with Gasteiger partial charge in [0.25, 0.3) is 5.91 Å². The largest absolute Gasteiger partial charge is 0.416 e. The molecular weight excluding hydrogens is 413 g/mol. The number of hydrogen-bond donors (Lipinski definition) is 3. The van der Waals surface area contributed by atoms with Crippen LogP contribution in [-0.2, 0) is 17.5 Å². The summed E-state index contributed by atoms with van der Waals surface area (Å²) in [4.78, 5) is 14.3. The second kappa shape index (κ2) is 9.78. The van der Waals surface area contributed by atoms with Crippen LogP contribution in [0.3, 0.4) is 0 Å². The number of hydrogen-bond acceptors (Lipinski definition) is 5. The summed E-state index contributed by atoms with van der Waals surface area (Å²) in [6.45, 7) is 0.171. The van der Waals surface area contributed by atoms with E-state index in [0.717, 1.165) is 29.8 Å². The summed E-state index contributed by atoms with van der Waals surface area (Å²) in [5, 5.41) is 22.8. The summed E-state index contributed by atoms with van der Waals surface area (Å²) in [6.07, 6.45) is -6.85. The third-order valence-corrected chi connectivity index (χ3v) is 5.36. The molecule has 9 heteroatoms. The number of carbonyl (C=O) groups is 1. The molecule has 1 aliphatic rings. The van der Waals surface area contributed by atoms with E-state index in [-0.39, 0.29) is 18.7 Å². The van der Waals surface area contributed by atoms with Crippen LogP contribution in [0.5, 0.6) is 0 Å². The van der Waals surface area contributed by atoms with Gasteiger partial charge in [0.05, 0.1) is 24.3 Å². The normalized spacial score (nSPS) is 23.8. The molecule has 0 spiro atoms. The van der Waals surface area contributed by atoms with Crippen molar-refractivity contribution >= 4 is 5.91 Å². The summed E-state index contributed by atoms with van der Waals surface area (Å²) in [5.74, 6) is -0.552. The fourth-order valence-electron chi connectivity index (χ4n) is 3.77. The number of aliphatic hydroxyl groups is 2. The van der Waals surface area contributed by atoms with Gasteiger partial charge in [0.15, 0.2) is 0 Å². The molecule has 1 amide bonds. The van der Waals surface area contributed by atoms with E-state index in [4.69, 9.17) is 4.74 Å². The lowest BCUT2D eigenvalue weighted by molar-refractivity contribution is -0.137. The molecule has 1 saturated heterocycles. The van der Waals surface area contributed by atoms with E-state index < -0.39 is 42.0 Å². The van der Waals surface area contributed by atoms with Crippen molar-refractivity contribution in [2.45, 2.75) is 37.1 Å². The first-order valence-electron chi connectivity index (χ1n) is 9.84. The lowest BCUT2D eigenvalue weighted by Gasteiger charge is -2.30. The summed E-state index contributed by atoms with van der Waals surface area (Å²) in [5.41, 5.74) is 0.274. The van der Waals surface area contributed by atoms with Gasteiger partial charge in [0, 0.05) is 18.7 Å². The van der Waals surface area contributed by atoms with Crippen molar-refractivity contribution in [3.8, 4) is 0 Å². The number of amides is 1. The molecule has 6 nitrogen and oxygen atoms in total. The molecule has 168 valence electrons. The lowest BCUT2D eigenvalue weighted by atomic mass is 10.0. The molecule has 1 fully saturated rings. The highest BCUT2D eigenvalue weighted by Crippen LogP contribution is 2.29. The average molecular weight is 438 g/mol. The molecule has 4 atom stereocenters. The molecule has 0 bridgehead atoms. The van der Waals surface area contributed by atoms with E-state index in [1.54, 1.807) is 0 Å². The van der Waals surface area contributed by atoms with Crippen LogP contribution in [0.25, 0.3) is 0 Å². The van der Waals surface area contributed by atoms with Crippen LogP contribution in [0.2, 0.25) is 0 Å². The molecule has 0 radical (unpaired) electrons. The number of nitrogens with one attached hydrogen (secondary N) is 1. The predicted octanol–water partition coefficient (Wildman–Crippen LogP) is 2.06. The van der Waals surface area contributed by atoms with Crippen molar-refractivity contribution in [3.05, 3.63) is 71.3 Å². The number of likely N-dealkylation sites (N-methyl/N-ethyl adjacent to an activating group) is 1. The summed E-state index contributed by atoms with van der Waals surface area (Å²) in [7, 11) is 1.81. The number of alkyl halides is 3. The van der Waals surface area contributed by atoms with Gasteiger partial charge in [-0.1, -0.05) is 30.3 Å². The minimum atomic E-state index is -4.47. The molecule has 2 aromatic rings. The number of benzene rings is 2. The zero-order valence-electron chi connectivity index (χ0n) is 16.9. The van der Waals surface area contributed by atoms with E-state index >= 15 is 0 Å². The molecule has 0 saturated carbocycles. The first-order valence-corrected chi connectivity index (χ1v) is 9.84. The highest BCUT2D eigenvalue weighted by molar-refractivity contribution is 5.94. The maximum absolute atomic E-state index is 12.7. The van der Waals surface area contributed by atoms with Crippen LogP contribution in [-0.4, -0.2) is 65.6 Å². The van der Waals surface area contributed by atoms with Gasteiger partial charge in [-0.05, 0) is 36.9 Å². The zero-order valence-corrected chi connectivity index (χ0v) is 16.9. The maximum atomic E-state index is 12.7. The monoisotopic (exact) mass is 438 g/mol. The van der Waals surface area contributed by atoms with Gasteiger partial charge in [-0.25, -0.2) is 0 Å². The Kier molecular flexibility index (Phi) is 7.32. The van der Waals surface area contributed by atoms with E-state index in [1.165, 1.54) is 0 Å². The topological polar surface area (TPSA) is 82.0 Å². The summed E-state index contributed by atoms with van der Waals surface area (Å²) < 4.78 is 43.8. The molecule has 0 aliphatic carbocycles. The Morgan fingerprint density at radius 3 is 2.32 bits per heavy atom. The van der Waals surface area contributed by atoms with Crippen molar-refractivity contribution in [2.24, 2.45) is 0 Å². The first kappa shape index (κ1) is 23.2. The van der Waals surface area contributed by atoms with Gasteiger partial charge >= 0.3 is 6.18 Å². The molecule has 3 N–H and O–H groups in total. The fraction of sp³-hybridized carbons (Fsp3) is 0.409. The highest BCUT2D eigenvalue weighted by atomic mass is 19.4. The van der Waals surface area contributed by atoms with Gasteiger partial charge in [-0.15, -0.1) is 0 Å². The van der Waals surface area contributed by atoms with Crippen molar-refractivity contribution in [3.63, 3.8) is 0 Å². The Balaban J connectivity index is 1.65. The Morgan fingerprint density at radius 1 is 1.10 bits per heavy atom. The van der Waals surface area contributed by atoms with Crippen LogP contribution >= 0.6 is 0 Å². The van der Waals surface area contributed by atoms with Crippen molar-refractivity contribution in [1.82, 2.24) is 10.2 Å². The van der Waals surface area contributed by atoms with Crippen LogP contribution in [0.4, 0.5) is 13.2 Å². The van der Waals surface area contributed by atoms with E-state index in [2.05, 4.69) is 5.32 Å². The number of carbonyl (C=O) groups excluding carboxylic acids is 1. The van der Waals surface area contributed by atoms with Gasteiger partial charge in [0.1, 0.15) is 12.2 Å². The van der Waals surface area contributed by atoms with Crippen molar-refractivity contribution in [1.29, 1.82) is 0 Å². The minimum Gasteiger partial charge on any atom is -0.394 e. The quantitative estimate of drug-likeness (QED) is 0.617. The Hall–Kier alpha value is -2.46. The Bertz CT molecular complexity index is 861. The molecule has 0 aromatic heterocycles. The number of aliphatic hydroxyl groups excluding tert-OH is 2. The van der Waals surface area contributed by atoms with E-state index in [1.807, 2.05) is 42.3 Å². The van der Waals surface area contributed by atoms with E-state index in [0.29, 0.717) is 6.54 Å². The third kappa shape index (κ3) is 5.62. The van der Waals surface area contributed by atoms with Crippen LogP contribution in [0.15, 0.2) is 54.6 Å². The smallest absolute Gasteiger partial charge is 0.394 e. The number of nitrogens with zero attached hydrogens (tertiary/aromatic N) is 1. The van der Waals surface area contributed by atoms with Crippen LogP contribution < -0.4 is 5.32 Å². The van der Waals surface area contributed by atoms with Crippen LogP contribution in [0, 0.1) is 0 Å². The maximum Gasteiger partial charge on any atom is 0.416 e. The average Bonchev–Trinajstić information content (AvgIpc) is 3.07. The molecule has 1 heterocycles. The van der Waals surface area contributed by atoms with Gasteiger partial charge in [-0.3, -0.25) is 9.69 Å². The Morgan fingerprint density at radius 2 is 1.74 bits per heavy atom. The SMILES string of the molecule is CN(Cc1ccccc1)C1C(CNC(=O)c2ccc(C(F)(F)F)cc2)OC(CO)C1O.